The number of carbonyl (C=O) groups is 2. The molecule has 1 unspecified atom stereocenters. The van der Waals surface area contributed by atoms with E-state index in [4.69, 9.17) is 11.6 Å². The molecule has 25 heavy (non-hydrogen) atoms. The second-order valence-corrected chi connectivity index (χ2v) is 8.74. The number of thioether (sulfide) groups is 1. The standard InChI is InChI=1S/C18H21ClN2O2S2/c1-4-21(11-16-9-10-17(19)25-16)18(23)12(2)24-15-7-5-14(6-8-15)20-13(3)22/h5-10,12H,4,11H2,1-3H3,(H,20,22). The summed E-state index contributed by atoms with van der Waals surface area (Å²) in [5.74, 6) is -0.000762. The quantitative estimate of drug-likeness (QED) is 0.678. The molecule has 0 radical (unpaired) electrons. The second-order valence-electron chi connectivity index (χ2n) is 5.52. The first-order chi connectivity index (χ1) is 11.9. The molecule has 7 heteroatoms. The summed E-state index contributed by atoms with van der Waals surface area (Å²) in [6.45, 7) is 6.61. The number of anilines is 1. The number of benzene rings is 1. The number of hydrogen-bond donors (Lipinski definition) is 1. The van der Waals surface area contributed by atoms with Gasteiger partial charge in [-0.05, 0) is 50.2 Å². The van der Waals surface area contributed by atoms with Crippen molar-refractivity contribution in [3.63, 3.8) is 0 Å². The molecule has 134 valence electrons. The van der Waals surface area contributed by atoms with Gasteiger partial charge >= 0.3 is 0 Å². The summed E-state index contributed by atoms with van der Waals surface area (Å²) in [6, 6.07) is 11.3. The molecule has 0 aliphatic heterocycles. The molecule has 4 nitrogen and oxygen atoms in total. The molecular weight excluding hydrogens is 376 g/mol. The second kappa shape index (κ2) is 9.27. The number of nitrogens with zero attached hydrogens (tertiary/aromatic N) is 1. The Bertz CT molecular complexity index is 731. The fraction of sp³-hybridized carbons (Fsp3) is 0.333. The molecule has 1 aromatic carbocycles. The lowest BCUT2D eigenvalue weighted by atomic mass is 10.3. The van der Waals surface area contributed by atoms with Crippen LogP contribution in [0.15, 0.2) is 41.3 Å². The van der Waals surface area contributed by atoms with Gasteiger partial charge in [0.25, 0.3) is 0 Å². The van der Waals surface area contributed by atoms with Crippen LogP contribution in [0.3, 0.4) is 0 Å². The lowest BCUT2D eigenvalue weighted by molar-refractivity contribution is -0.130. The molecule has 1 atom stereocenters. The van der Waals surface area contributed by atoms with Crippen molar-refractivity contribution in [1.82, 2.24) is 4.90 Å². The zero-order valence-electron chi connectivity index (χ0n) is 14.4. The average molecular weight is 397 g/mol. The monoisotopic (exact) mass is 396 g/mol. The highest BCUT2D eigenvalue weighted by Crippen LogP contribution is 2.27. The Hall–Kier alpha value is -1.50. The fourth-order valence-corrected chi connectivity index (χ4v) is 4.36. The summed E-state index contributed by atoms with van der Waals surface area (Å²) < 4.78 is 0.736. The minimum absolute atomic E-state index is 0.1000. The highest BCUT2D eigenvalue weighted by molar-refractivity contribution is 8.00. The largest absolute Gasteiger partial charge is 0.337 e. The van der Waals surface area contributed by atoms with Crippen LogP contribution in [0.1, 0.15) is 25.6 Å². The van der Waals surface area contributed by atoms with Crippen LogP contribution in [0.25, 0.3) is 0 Å². The van der Waals surface area contributed by atoms with Crippen molar-refractivity contribution in [3.05, 3.63) is 45.6 Å². The van der Waals surface area contributed by atoms with Crippen molar-refractivity contribution in [1.29, 1.82) is 0 Å². The third-order valence-electron chi connectivity index (χ3n) is 3.50. The van der Waals surface area contributed by atoms with E-state index in [0.29, 0.717) is 13.1 Å². The van der Waals surface area contributed by atoms with Gasteiger partial charge in [-0.3, -0.25) is 9.59 Å². The molecule has 0 saturated carbocycles. The molecule has 2 rings (SSSR count). The van der Waals surface area contributed by atoms with Gasteiger partial charge in [-0.15, -0.1) is 23.1 Å². The predicted octanol–water partition coefficient (Wildman–Crippen LogP) is 4.89. The maximum absolute atomic E-state index is 12.7. The van der Waals surface area contributed by atoms with E-state index in [0.717, 1.165) is 19.8 Å². The molecule has 0 bridgehead atoms. The van der Waals surface area contributed by atoms with E-state index >= 15 is 0 Å². The maximum atomic E-state index is 12.7. The highest BCUT2D eigenvalue weighted by Gasteiger charge is 2.21. The first-order valence-corrected chi connectivity index (χ1v) is 10.0. The van der Waals surface area contributed by atoms with Crippen LogP contribution in [0.4, 0.5) is 5.69 Å². The Balaban J connectivity index is 1.96. The van der Waals surface area contributed by atoms with Crippen LogP contribution >= 0.6 is 34.7 Å². The Kier molecular flexibility index (Phi) is 7.35. The molecule has 0 fully saturated rings. The van der Waals surface area contributed by atoms with E-state index in [1.807, 2.05) is 55.1 Å². The Morgan fingerprint density at radius 2 is 1.92 bits per heavy atom. The zero-order chi connectivity index (χ0) is 18.4. The number of thiophene rings is 1. The summed E-state index contributed by atoms with van der Waals surface area (Å²) in [5, 5.41) is 2.54. The molecule has 0 saturated heterocycles. The van der Waals surface area contributed by atoms with Crippen LogP contribution in [-0.2, 0) is 16.1 Å². The van der Waals surface area contributed by atoms with Gasteiger partial charge in [0.15, 0.2) is 0 Å². The smallest absolute Gasteiger partial charge is 0.236 e. The van der Waals surface area contributed by atoms with Crippen molar-refractivity contribution < 1.29 is 9.59 Å². The first kappa shape index (κ1) is 19.8. The normalized spacial score (nSPS) is 11.8. The van der Waals surface area contributed by atoms with Crippen molar-refractivity contribution in [2.75, 3.05) is 11.9 Å². The van der Waals surface area contributed by atoms with Crippen molar-refractivity contribution >= 4 is 52.2 Å². The third-order valence-corrected chi connectivity index (χ3v) is 5.82. The maximum Gasteiger partial charge on any atom is 0.236 e. The fourth-order valence-electron chi connectivity index (χ4n) is 2.30. The van der Waals surface area contributed by atoms with Crippen LogP contribution in [-0.4, -0.2) is 28.5 Å². The summed E-state index contributed by atoms with van der Waals surface area (Å²) in [6.07, 6.45) is 0. The number of nitrogens with one attached hydrogen (secondary N) is 1. The SMILES string of the molecule is CCN(Cc1ccc(Cl)s1)C(=O)C(C)Sc1ccc(NC(C)=O)cc1. The number of carbonyl (C=O) groups excluding carboxylic acids is 2. The Labute approximate surface area is 161 Å². The van der Waals surface area contributed by atoms with Gasteiger partial charge in [0.1, 0.15) is 0 Å². The zero-order valence-corrected chi connectivity index (χ0v) is 16.8. The minimum atomic E-state index is -0.193. The summed E-state index contributed by atoms with van der Waals surface area (Å²) in [7, 11) is 0. The molecule has 1 aromatic heterocycles. The van der Waals surface area contributed by atoms with Gasteiger partial charge in [0, 0.05) is 28.9 Å². The van der Waals surface area contributed by atoms with Crippen molar-refractivity contribution in [2.24, 2.45) is 0 Å². The molecular formula is C18H21ClN2O2S2. The summed E-state index contributed by atoms with van der Waals surface area (Å²) >= 11 is 8.98. The number of hydrogen-bond acceptors (Lipinski definition) is 4. The molecule has 0 spiro atoms. The van der Waals surface area contributed by atoms with Gasteiger partial charge in [-0.1, -0.05) is 11.6 Å². The number of halogens is 1. The van der Waals surface area contributed by atoms with E-state index in [1.165, 1.54) is 30.0 Å². The summed E-state index contributed by atoms with van der Waals surface area (Å²) in [4.78, 5) is 27.7. The number of amides is 2. The van der Waals surface area contributed by atoms with Crippen LogP contribution in [0.5, 0.6) is 0 Å². The minimum Gasteiger partial charge on any atom is -0.337 e. The summed E-state index contributed by atoms with van der Waals surface area (Å²) in [5.41, 5.74) is 0.751. The van der Waals surface area contributed by atoms with E-state index in [2.05, 4.69) is 5.32 Å². The molecule has 1 N–H and O–H groups in total. The van der Waals surface area contributed by atoms with Crippen LogP contribution in [0, 0.1) is 0 Å². The van der Waals surface area contributed by atoms with Gasteiger partial charge in [-0.2, -0.15) is 0 Å². The molecule has 1 heterocycles. The topological polar surface area (TPSA) is 49.4 Å². The predicted molar refractivity (Wildman–Crippen MR) is 106 cm³/mol. The lowest BCUT2D eigenvalue weighted by Gasteiger charge is -2.23. The Morgan fingerprint density at radius 1 is 1.24 bits per heavy atom. The van der Waals surface area contributed by atoms with E-state index < -0.39 is 0 Å². The molecule has 0 aliphatic carbocycles. The van der Waals surface area contributed by atoms with Gasteiger partial charge in [0.2, 0.25) is 11.8 Å². The highest BCUT2D eigenvalue weighted by atomic mass is 35.5. The van der Waals surface area contributed by atoms with E-state index in [1.54, 1.807) is 0 Å². The molecule has 0 aliphatic rings. The van der Waals surface area contributed by atoms with Gasteiger partial charge in [-0.25, -0.2) is 0 Å². The number of rotatable bonds is 7. The van der Waals surface area contributed by atoms with E-state index in [-0.39, 0.29) is 17.1 Å². The Morgan fingerprint density at radius 3 is 2.44 bits per heavy atom. The van der Waals surface area contributed by atoms with Gasteiger partial charge in [0.05, 0.1) is 16.1 Å². The average Bonchev–Trinajstić information content (AvgIpc) is 2.98. The third kappa shape index (κ3) is 6.06. The lowest BCUT2D eigenvalue weighted by Crippen LogP contribution is -2.35. The molecule has 2 amide bonds. The van der Waals surface area contributed by atoms with E-state index in [9.17, 15) is 9.59 Å². The van der Waals surface area contributed by atoms with Crippen molar-refractivity contribution in [2.45, 2.75) is 37.5 Å². The van der Waals surface area contributed by atoms with Crippen LogP contribution < -0.4 is 5.32 Å². The first-order valence-electron chi connectivity index (χ1n) is 7.96. The van der Waals surface area contributed by atoms with Crippen molar-refractivity contribution in [3.8, 4) is 0 Å². The van der Waals surface area contributed by atoms with Crippen LogP contribution in [0.2, 0.25) is 4.34 Å². The van der Waals surface area contributed by atoms with Gasteiger partial charge < -0.3 is 10.2 Å². The molecule has 2 aromatic rings.